The van der Waals surface area contributed by atoms with Crippen LogP contribution in [0.2, 0.25) is 0 Å². The zero-order valence-corrected chi connectivity index (χ0v) is 22.6. The van der Waals surface area contributed by atoms with Crippen LogP contribution >= 0.6 is 0 Å². The summed E-state index contributed by atoms with van der Waals surface area (Å²) < 4.78 is 46.4. The van der Waals surface area contributed by atoms with Crippen LogP contribution in [-0.2, 0) is 14.8 Å². The van der Waals surface area contributed by atoms with Gasteiger partial charge in [0.2, 0.25) is 5.91 Å². The number of halogens is 1. The van der Waals surface area contributed by atoms with E-state index in [9.17, 15) is 27.5 Å². The fraction of sp³-hybridized carbons (Fsp3) is 0.261. The van der Waals surface area contributed by atoms with E-state index in [0.29, 0.717) is 16.8 Å². The quantitative estimate of drug-likeness (QED) is 0.442. The summed E-state index contributed by atoms with van der Waals surface area (Å²) in [5, 5.41) is 14.1. The zero-order chi connectivity index (χ0) is 25.1. The Bertz CT molecular complexity index is 1350. The van der Waals surface area contributed by atoms with Gasteiger partial charge in [-0.15, -0.1) is 0 Å². The Balaban J connectivity index is 0.00000432. The van der Waals surface area contributed by atoms with E-state index in [1.54, 1.807) is 13.8 Å². The Labute approximate surface area is 224 Å². The molecule has 3 rings (SSSR count). The van der Waals surface area contributed by atoms with Gasteiger partial charge in [-0.2, -0.15) is 9.78 Å². The zero-order valence-electron chi connectivity index (χ0n) is 19.8. The van der Waals surface area contributed by atoms with Gasteiger partial charge in [0.25, 0.3) is 10.0 Å². The molecule has 0 bridgehead atoms. The number of ether oxygens (including phenoxy) is 1. The van der Waals surface area contributed by atoms with Crippen molar-refractivity contribution >= 4 is 45.5 Å². The third kappa shape index (κ3) is 7.45. The molecule has 35 heavy (non-hydrogen) atoms. The summed E-state index contributed by atoms with van der Waals surface area (Å²) in [6.07, 6.45) is 1.61. The minimum absolute atomic E-state index is 0. The predicted octanol–water partition coefficient (Wildman–Crippen LogP) is 2.02. The molecule has 9 nitrogen and oxygen atoms in total. The first kappa shape index (κ1) is 28.7. The number of hydrogen-bond donors (Lipinski definition) is 2. The number of hydrogen-bond acceptors (Lipinski definition) is 7. The normalized spacial score (nSPS) is 11.5. The molecule has 1 radical (unpaired) electrons. The number of amides is 1. The Hall–Kier alpha value is -2.57. The fourth-order valence-corrected chi connectivity index (χ4v) is 4.00. The van der Waals surface area contributed by atoms with Gasteiger partial charge in [-0.3, -0.25) is 9.59 Å². The molecule has 0 aliphatic heterocycles. The van der Waals surface area contributed by atoms with Gasteiger partial charge in [-0.1, -0.05) is 12.1 Å². The van der Waals surface area contributed by atoms with Crippen molar-refractivity contribution in [1.82, 2.24) is 14.5 Å². The molecule has 1 amide bonds. The number of aromatic nitrogens is 2. The molecule has 0 unspecified atom stereocenters. The van der Waals surface area contributed by atoms with Crippen molar-refractivity contribution in [2.75, 3.05) is 6.61 Å². The molecule has 1 heterocycles. The minimum Gasteiger partial charge on any atom is -0.487 e. The van der Waals surface area contributed by atoms with Crippen LogP contribution in [0, 0.1) is 5.82 Å². The van der Waals surface area contributed by atoms with Crippen molar-refractivity contribution in [2.24, 2.45) is 0 Å². The molecule has 0 saturated carbocycles. The molecule has 0 aliphatic rings. The maximum atomic E-state index is 13.3. The molecule has 1 aromatic heterocycles. The van der Waals surface area contributed by atoms with Gasteiger partial charge in [0.1, 0.15) is 5.82 Å². The Morgan fingerprint density at radius 2 is 1.74 bits per heavy atom. The van der Waals surface area contributed by atoms with Crippen molar-refractivity contribution in [3.8, 4) is 22.6 Å². The third-order valence-electron chi connectivity index (χ3n) is 4.72. The van der Waals surface area contributed by atoms with Gasteiger partial charge in [0, 0.05) is 48.5 Å². The van der Waals surface area contributed by atoms with Crippen molar-refractivity contribution in [1.29, 1.82) is 0 Å². The smallest absolute Gasteiger partial charge is 0.314 e. The molecule has 0 saturated heterocycles. The van der Waals surface area contributed by atoms with E-state index in [2.05, 4.69) is 5.10 Å². The maximum Gasteiger partial charge on any atom is 0.314 e. The molecule has 0 aliphatic carbocycles. The van der Waals surface area contributed by atoms with Crippen LogP contribution in [0.3, 0.4) is 0 Å². The average Bonchev–Trinajstić information content (AvgIpc) is 2.74. The summed E-state index contributed by atoms with van der Waals surface area (Å²) in [4.78, 5) is 24.2. The predicted molar refractivity (Wildman–Crippen MR) is 128 cm³/mol. The van der Waals surface area contributed by atoms with Crippen LogP contribution in [0.25, 0.3) is 16.8 Å². The van der Waals surface area contributed by atoms with Gasteiger partial charge in [-0.25, -0.2) is 17.5 Å². The maximum absolute atomic E-state index is 13.3. The summed E-state index contributed by atoms with van der Waals surface area (Å²) in [5.41, 5.74) is -0.585. The molecular weight excluding hydrogens is 488 g/mol. The number of benzene rings is 2. The van der Waals surface area contributed by atoms with Gasteiger partial charge in [0.05, 0.1) is 29.0 Å². The Kier molecular flexibility index (Phi) is 9.37. The molecule has 0 fully saturated rings. The number of sulfonamides is 1. The minimum atomic E-state index is -4.02. The van der Waals surface area contributed by atoms with Gasteiger partial charge in [0.15, 0.2) is 5.75 Å². The number of nitrogens with zero attached hydrogens (tertiary/aromatic N) is 2. The Morgan fingerprint density at radius 1 is 1.14 bits per heavy atom. The van der Waals surface area contributed by atoms with Crippen molar-refractivity contribution < 1.29 is 27.4 Å². The summed E-state index contributed by atoms with van der Waals surface area (Å²) in [6.45, 7) is 4.32. The number of nitrogens with one attached hydrogen (secondary N) is 1. The van der Waals surface area contributed by atoms with Crippen LogP contribution in [0.4, 0.5) is 4.39 Å². The second-order valence-electron chi connectivity index (χ2n) is 8.18. The fourth-order valence-electron chi connectivity index (χ4n) is 3.01. The largest absolute Gasteiger partial charge is 0.487 e. The van der Waals surface area contributed by atoms with Crippen molar-refractivity contribution in [3.63, 3.8) is 0 Å². The topological polar surface area (TPSA) is 128 Å². The van der Waals surface area contributed by atoms with Gasteiger partial charge < -0.3 is 9.84 Å². The summed E-state index contributed by atoms with van der Waals surface area (Å²) in [7, 11) is -4.02. The molecular formula is C23H24FN3NaO6S. The van der Waals surface area contributed by atoms with Gasteiger partial charge in [-0.05, 0) is 55.8 Å². The van der Waals surface area contributed by atoms with E-state index in [0.717, 1.165) is 11.6 Å². The summed E-state index contributed by atoms with van der Waals surface area (Å²) >= 11 is 0. The molecule has 0 atom stereocenters. The third-order valence-corrected chi connectivity index (χ3v) is 6.17. The van der Waals surface area contributed by atoms with E-state index in [1.165, 1.54) is 54.7 Å². The summed E-state index contributed by atoms with van der Waals surface area (Å²) in [5.74, 6) is -1.26. The van der Waals surface area contributed by atoms with Crippen molar-refractivity contribution in [3.05, 3.63) is 70.9 Å². The first-order valence-electron chi connectivity index (χ1n) is 10.2. The number of carbonyl (C=O) groups is 1. The van der Waals surface area contributed by atoms with E-state index >= 15 is 0 Å². The monoisotopic (exact) mass is 512 g/mol. The Morgan fingerprint density at radius 3 is 2.29 bits per heavy atom. The van der Waals surface area contributed by atoms with E-state index in [-0.39, 0.29) is 53.2 Å². The second kappa shape index (κ2) is 11.4. The van der Waals surface area contributed by atoms with Crippen molar-refractivity contribution in [2.45, 2.75) is 37.7 Å². The number of carbonyl (C=O) groups excluding carboxylic acids is 1. The van der Waals surface area contributed by atoms with E-state index < -0.39 is 32.9 Å². The average molecular weight is 513 g/mol. The molecule has 12 heteroatoms. The first-order valence-corrected chi connectivity index (χ1v) is 11.7. The van der Waals surface area contributed by atoms with Crippen LogP contribution < -0.4 is 15.0 Å². The van der Waals surface area contributed by atoms with Crippen LogP contribution in [0.1, 0.15) is 27.2 Å². The van der Waals surface area contributed by atoms with Gasteiger partial charge >= 0.3 is 5.56 Å². The van der Waals surface area contributed by atoms with E-state index in [1.807, 2.05) is 4.72 Å². The molecule has 0 spiro atoms. The van der Waals surface area contributed by atoms with E-state index in [4.69, 9.17) is 4.74 Å². The summed E-state index contributed by atoms with van der Waals surface area (Å²) in [6, 6.07) is 10.7. The molecule has 2 aromatic carbocycles. The van der Waals surface area contributed by atoms with Crippen LogP contribution in [0.5, 0.6) is 5.75 Å². The van der Waals surface area contributed by atoms with Crippen LogP contribution in [0.15, 0.2) is 64.4 Å². The number of rotatable bonds is 8. The molecule has 2 N–H and O–H groups in total. The SMILES string of the molecule is CC(=O)NS(=O)(=O)c1ccc(-c2cnn(-c3ccc(F)cc3)c(=O)c2OCCC(C)(C)O)cc1.[Na]. The second-order valence-corrected chi connectivity index (χ2v) is 9.86. The molecule has 181 valence electrons. The van der Waals surface area contributed by atoms with Crippen LogP contribution in [-0.4, -0.2) is 71.0 Å². The standard InChI is InChI=1S/C23H24FN3O6S.Na/c1-15(28)26-34(31,32)19-10-4-16(5-11-19)20-14-25-27(18-8-6-17(24)7-9-18)22(29)21(20)33-13-12-23(2,3)30;/h4-11,14,30H,12-13H2,1-3H3,(H,26,28);. The first-order chi connectivity index (χ1) is 15.9. The molecule has 3 aromatic rings. The number of aliphatic hydroxyl groups is 1.